The molecule has 1 atom stereocenters. The van der Waals surface area contributed by atoms with Crippen LogP contribution in [0.15, 0.2) is 53.5 Å². The van der Waals surface area contributed by atoms with Gasteiger partial charge in [-0.15, -0.1) is 34.2 Å². The van der Waals surface area contributed by atoms with Crippen LogP contribution in [0.5, 0.6) is 0 Å². The second kappa shape index (κ2) is 10.6. The van der Waals surface area contributed by atoms with Gasteiger partial charge in [0.2, 0.25) is 0 Å². The van der Waals surface area contributed by atoms with E-state index in [9.17, 15) is 0 Å². The standard InChI is InChI=1S/C25H30N6O.HI/c1-18-28-29-24(30(18)2)17-27-25(26-16-22-9-6-14-32-22)31-13-12-21-15-20(10-11-23(21)31)19-7-4-3-5-8-19;/h3-5,7-8,10-11,15,22H,6,9,12-14,16-17H2,1-2H3,(H,26,27);1H. The summed E-state index contributed by atoms with van der Waals surface area (Å²) in [6.07, 6.45) is 3.48. The number of benzene rings is 2. The largest absolute Gasteiger partial charge is 0.376 e. The van der Waals surface area contributed by atoms with Crippen LogP contribution in [0.4, 0.5) is 5.69 Å². The van der Waals surface area contributed by atoms with Gasteiger partial charge in [-0.25, -0.2) is 4.99 Å². The Labute approximate surface area is 212 Å². The Balaban J connectivity index is 0.00000259. The molecule has 0 saturated carbocycles. The average molecular weight is 558 g/mol. The van der Waals surface area contributed by atoms with E-state index in [0.717, 1.165) is 56.6 Å². The maximum absolute atomic E-state index is 5.82. The van der Waals surface area contributed by atoms with Crippen molar-refractivity contribution >= 4 is 35.6 Å². The summed E-state index contributed by atoms with van der Waals surface area (Å²) in [4.78, 5) is 7.24. The van der Waals surface area contributed by atoms with E-state index in [1.807, 2.05) is 18.5 Å². The molecule has 1 aromatic heterocycles. The summed E-state index contributed by atoms with van der Waals surface area (Å²) in [5.41, 5.74) is 5.08. The predicted octanol–water partition coefficient (Wildman–Crippen LogP) is 4.10. The van der Waals surface area contributed by atoms with Gasteiger partial charge in [-0.2, -0.15) is 0 Å². The molecule has 3 heterocycles. The highest BCUT2D eigenvalue weighted by Crippen LogP contribution is 2.32. The van der Waals surface area contributed by atoms with E-state index in [-0.39, 0.29) is 30.1 Å². The molecule has 3 aromatic rings. The van der Waals surface area contributed by atoms with E-state index >= 15 is 0 Å². The number of halogens is 1. The molecule has 1 unspecified atom stereocenters. The summed E-state index contributed by atoms with van der Waals surface area (Å²) >= 11 is 0. The van der Waals surface area contributed by atoms with Gasteiger partial charge < -0.3 is 19.5 Å². The summed E-state index contributed by atoms with van der Waals surface area (Å²) in [5.74, 6) is 2.63. The predicted molar refractivity (Wildman–Crippen MR) is 142 cm³/mol. The van der Waals surface area contributed by atoms with Crippen LogP contribution >= 0.6 is 24.0 Å². The van der Waals surface area contributed by atoms with Gasteiger partial charge in [0.15, 0.2) is 11.8 Å². The van der Waals surface area contributed by atoms with Crippen molar-refractivity contribution < 1.29 is 4.74 Å². The van der Waals surface area contributed by atoms with Crippen LogP contribution in [0.3, 0.4) is 0 Å². The molecule has 0 radical (unpaired) electrons. The van der Waals surface area contributed by atoms with Gasteiger partial charge >= 0.3 is 0 Å². The highest BCUT2D eigenvalue weighted by atomic mass is 127. The molecular formula is C25H31IN6O. The third-order valence-corrected chi connectivity index (χ3v) is 6.40. The maximum atomic E-state index is 5.82. The SMILES string of the molecule is Cc1nnc(CN=C(NCC2CCCO2)N2CCc3cc(-c4ccccc4)ccc32)n1C.I. The fraction of sp³-hybridized carbons (Fsp3) is 0.400. The molecule has 8 heteroatoms. The Morgan fingerprint density at radius 1 is 1.15 bits per heavy atom. The van der Waals surface area contributed by atoms with Crippen molar-refractivity contribution in [3.8, 4) is 11.1 Å². The van der Waals surface area contributed by atoms with Gasteiger partial charge in [-0.05, 0) is 55.0 Å². The minimum absolute atomic E-state index is 0. The lowest BCUT2D eigenvalue weighted by molar-refractivity contribution is 0.114. The van der Waals surface area contributed by atoms with Crippen LogP contribution in [0.2, 0.25) is 0 Å². The molecular weight excluding hydrogens is 527 g/mol. The molecule has 2 aromatic carbocycles. The number of rotatable bonds is 5. The third-order valence-electron chi connectivity index (χ3n) is 6.40. The number of ether oxygens (including phenoxy) is 1. The summed E-state index contributed by atoms with van der Waals surface area (Å²) in [5, 5.41) is 12.0. The zero-order chi connectivity index (χ0) is 21.9. The van der Waals surface area contributed by atoms with Crippen LogP contribution in [-0.4, -0.2) is 46.5 Å². The number of hydrogen-bond acceptors (Lipinski definition) is 4. The number of aliphatic imine (C=N–C) groups is 1. The minimum atomic E-state index is 0. The van der Waals surface area contributed by atoms with E-state index in [2.05, 4.69) is 68.9 Å². The van der Waals surface area contributed by atoms with Crippen molar-refractivity contribution in [3.05, 3.63) is 65.7 Å². The van der Waals surface area contributed by atoms with E-state index in [1.54, 1.807) is 0 Å². The molecule has 0 spiro atoms. The normalized spacial score (nSPS) is 17.7. The Morgan fingerprint density at radius 3 is 2.73 bits per heavy atom. The van der Waals surface area contributed by atoms with Gasteiger partial charge in [-0.3, -0.25) is 0 Å². The van der Waals surface area contributed by atoms with Crippen molar-refractivity contribution in [2.45, 2.75) is 38.8 Å². The molecule has 0 aliphatic carbocycles. The summed E-state index contributed by atoms with van der Waals surface area (Å²) < 4.78 is 7.81. The van der Waals surface area contributed by atoms with Gasteiger partial charge in [0.25, 0.3) is 0 Å². The topological polar surface area (TPSA) is 67.6 Å². The smallest absolute Gasteiger partial charge is 0.199 e. The summed E-state index contributed by atoms with van der Waals surface area (Å²) in [7, 11) is 1.98. The van der Waals surface area contributed by atoms with Gasteiger partial charge in [0.1, 0.15) is 12.4 Å². The lowest BCUT2D eigenvalue weighted by Crippen LogP contribution is -2.43. The number of fused-ring (bicyclic) bond motifs is 1. The Morgan fingerprint density at radius 2 is 2.00 bits per heavy atom. The second-order valence-electron chi connectivity index (χ2n) is 8.49. The molecule has 33 heavy (non-hydrogen) atoms. The van der Waals surface area contributed by atoms with Gasteiger partial charge in [0, 0.05) is 32.4 Å². The number of hydrogen-bond donors (Lipinski definition) is 1. The molecule has 2 aliphatic rings. The number of nitrogens with one attached hydrogen (secondary N) is 1. The molecule has 0 bridgehead atoms. The summed E-state index contributed by atoms with van der Waals surface area (Å²) in [6, 6.07) is 17.3. The minimum Gasteiger partial charge on any atom is -0.376 e. The Kier molecular flexibility index (Phi) is 7.64. The first-order chi connectivity index (χ1) is 15.7. The van der Waals surface area contributed by atoms with E-state index < -0.39 is 0 Å². The van der Waals surface area contributed by atoms with E-state index in [4.69, 9.17) is 9.73 Å². The van der Waals surface area contributed by atoms with Crippen LogP contribution < -0.4 is 10.2 Å². The molecule has 5 rings (SSSR count). The molecule has 174 valence electrons. The molecule has 0 amide bonds. The van der Waals surface area contributed by atoms with Crippen molar-refractivity contribution in [2.24, 2.45) is 12.0 Å². The fourth-order valence-corrected chi connectivity index (χ4v) is 4.41. The number of nitrogens with zero attached hydrogens (tertiary/aromatic N) is 5. The van der Waals surface area contributed by atoms with Crippen molar-refractivity contribution in [1.29, 1.82) is 0 Å². The highest BCUT2D eigenvalue weighted by molar-refractivity contribution is 14.0. The fourth-order valence-electron chi connectivity index (χ4n) is 4.41. The first kappa shape index (κ1) is 23.7. The molecule has 1 saturated heterocycles. The maximum Gasteiger partial charge on any atom is 0.199 e. The summed E-state index contributed by atoms with van der Waals surface area (Å²) in [6.45, 7) is 4.97. The van der Waals surface area contributed by atoms with Crippen LogP contribution in [0.25, 0.3) is 11.1 Å². The zero-order valence-corrected chi connectivity index (χ0v) is 21.5. The molecule has 7 nitrogen and oxygen atoms in total. The molecule has 1 N–H and O–H groups in total. The van der Waals surface area contributed by atoms with Crippen molar-refractivity contribution in [2.75, 3.05) is 24.6 Å². The van der Waals surface area contributed by atoms with Crippen LogP contribution in [0.1, 0.15) is 30.1 Å². The molecule has 2 aliphatic heterocycles. The van der Waals surface area contributed by atoms with Crippen molar-refractivity contribution in [3.63, 3.8) is 0 Å². The third kappa shape index (κ3) is 5.22. The number of anilines is 1. The van der Waals surface area contributed by atoms with Crippen LogP contribution in [-0.2, 0) is 24.8 Å². The average Bonchev–Trinajstić information content (AvgIpc) is 3.57. The highest BCUT2D eigenvalue weighted by Gasteiger charge is 2.25. The van der Waals surface area contributed by atoms with E-state index in [1.165, 1.54) is 22.4 Å². The number of aromatic nitrogens is 3. The number of guanidine groups is 1. The zero-order valence-electron chi connectivity index (χ0n) is 19.2. The quantitative estimate of drug-likeness (QED) is 0.290. The Bertz CT molecular complexity index is 1110. The second-order valence-corrected chi connectivity index (χ2v) is 8.49. The number of aryl methyl sites for hydroxylation is 1. The van der Waals surface area contributed by atoms with Crippen molar-refractivity contribution in [1.82, 2.24) is 20.1 Å². The first-order valence-corrected chi connectivity index (χ1v) is 11.4. The van der Waals surface area contributed by atoms with E-state index in [0.29, 0.717) is 6.54 Å². The Hall–Kier alpha value is -2.46. The van der Waals surface area contributed by atoms with Crippen LogP contribution in [0, 0.1) is 6.92 Å². The molecule has 1 fully saturated rings. The lowest BCUT2D eigenvalue weighted by Gasteiger charge is -2.24. The van der Waals surface area contributed by atoms with Gasteiger partial charge in [0.05, 0.1) is 6.10 Å². The van der Waals surface area contributed by atoms with Gasteiger partial charge in [-0.1, -0.05) is 36.4 Å². The lowest BCUT2D eigenvalue weighted by atomic mass is 10.0. The monoisotopic (exact) mass is 558 g/mol. The first-order valence-electron chi connectivity index (χ1n) is 11.4.